The van der Waals surface area contributed by atoms with Crippen LogP contribution in [0.25, 0.3) is 0 Å². The van der Waals surface area contributed by atoms with Crippen LogP contribution in [0.3, 0.4) is 0 Å². The van der Waals surface area contributed by atoms with E-state index in [1.165, 1.54) is 17.0 Å². The molecule has 0 spiro atoms. The van der Waals surface area contributed by atoms with Crippen LogP contribution in [-0.4, -0.2) is 34.9 Å². The molecule has 5 nitrogen and oxygen atoms in total. The molecule has 0 aromatic heterocycles. The third-order valence-corrected chi connectivity index (χ3v) is 4.59. The number of para-hydroxylation sites is 1. The van der Waals surface area contributed by atoms with Crippen molar-refractivity contribution in [2.45, 2.75) is 45.8 Å². The molecule has 0 fully saturated rings. The molecule has 2 aromatic carbocycles. The number of halogens is 2. The van der Waals surface area contributed by atoms with Crippen molar-refractivity contribution in [3.8, 4) is 5.75 Å². The van der Waals surface area contributed by atoms with Crippen molar-refractivity contribution in [3.05, 3.63) is 64.4 Å². The summed E-state index contributed by atoms with van der Waals surface area (Å²) in [6.45, 7) is 7.14. The first-order valence-electron chi connectivity index (χ1n) is 9.30. The van der Waals surface area contributed by atoms with Crippen molar-refractivity contribution >= 4 is 27.7 Å². The number of carbonyl (C=O) groups is 2. The Bertz CT molecular complexity index is 867. The van der Waals surface area contributed by atoms with E-state index in [2.05, 4.69) is 21.2 Å². The van der Waals surface area contributed by atoms with Crippen molar-refractivity contribution in [3.63, 3.8) is 0 Å². The third-order valence-electron chi connectivity index (χ3n) is 4.10. The molecule has 0 bridgehead atoms. The van der Waals surface area contributed by atoms with Crippen LogP contribution in [0.5, 0.6) is 5.75 Å². The largest absolute Gasteiger partial charge is 0.481 e. The Labute approximate surface area is 179 Å². The molecule has 0 aliphatic heterocycles. The van der Waals surface area contributed by atoms with Gasteiger partial charge in [0.25, 0.3) is 5.91 Å². The van der Waals surface area contributed by atoms with Gasteiger partial charge in [0.15, 0.2) is 18.2 Å². The number of ether oxygens (including phenoxy) is 1. The van der Waals surface area contributed by atoms with Crippen molar-refractivity contribution in [1.82, 2.24) is 10.2 Å². The van der Waals surface area contributed by atoms with E-state index >= 15 is 0 Å². The Balaban J connectivity index is 2.19. The maximum Gasteiger partial charge on any atom is 0.261 e. The summed E-state index contributed by atoms with van der Waals surface area (Å²) in [6, 6.07) is 12.7. The van der Waals surface area contributed by atoms with E-state index in [0.29, 0.717) is 0 Å². The van der Waals surface area contributed by atoms with E-state index in [0.717, 1.165) is 10.0 Å². The van der Waals surface area contributed by atoms with E-state index < -0.39 is 23.3 Å². The highest BCUT2D eigenvalue weighted by Crippen LogP contribution is 2.18. The fourth-order valence-corrected chi connectivity index (χ4v) is 3.12. The molecule has 2 amide bonds. The zero-order chi connectivity index (χ0) is 21.6. The Hall–Kier alpha value is -2.41. The van der Waals surface area contributed by atoms with Crippen LogP contribution in [0.2, 0.25) is 0 Å². The molecule has 0 saturated heterocycles. The summed E-state index contributed by atoms with van der Waals surface area (Å²) >= 11 is 3.42. The molecule has 2 rings (SSSR count). The van der Waals surface area contributed by atoms with Gasteiger partial charge in [0.2, 0.25) is 5.91 Å². The molecule has 1 N–H and O–H groups in total. The average Bonchev–Trinajstić information content (AvgIpc) is 2.63. The first-order valence-corrected chi connectivity index (χ1v) is 10.1. The van der Waals surface area contributed by atoms with Crippen molar-refractivity contribution in [2.24, 2.45) is 0 Å². The average molecular weight is 465 g/mol. The zero-order valence-electron chi connectivity index (χ0n) is 17.0. The second-order valence-corrected chi connectivity index (χ2v) is 8.70. The molecule has 0 radical (unpaired) electrons. The molecule has 0 heterocycles. The lowest BCUT2D eigenvalue weighted by Crippen LogP contribution is -2.53. The Morgan fingerprint density at radius 1 is 1.17 bits per heavy atom. The van der Waals surface area contributed by atoms with Gasteiger partial charge in [-0.2, -0.15) is 0 Å². The van der Waals surface area contributed by atoms with Gasteiger partial charge in [-0.1, -0.05) is 40.2 Å². The highest BCUT2D eigenvalue weighted by molar-refractivity contribution is 9.10. The van der Waals surface area contributed by atoms with Crippen LogP contribution >= 0.6 is 15.9 Å². The number of carbonyl (C=O) groups excluding carboxylic acids is 2. The SMILES string of the molecule is C[C@@H](C(=O)NC(C)(C)C)N(Cc1cccc(Br)c1)C(=O)COc1ccccc1F. The van der Waals surface area contributed by atoms with E-state index in [-0.39, 0.29) is 24.8 Å². The smallest absolute Gasteiger partial charge is 0.261 e. The Kier molecular flexibility index (Phi) is 7.79. The summed E-state index contributed by atoms with van der Waals surface area (Å²) in [5, 5.41) is 2.89. The van der Waals surface area contributed by atoms with E-state index in [1.54, 1.807) is 19.1 Å². The number of benzene rings is 2. The van der Waals surface area contributed by atoms with Crippen LogP contribution in [0.1, 0.15) is 33.3 Å². The van der Waals surface area contributed by atoms with Gasteiger partial charge in [-0.15, -0.1) is 0 Å². The molecule has 0 saturated carbocycles. The van der Waals surface area contributed by atoms with Crippen LogP contribution in [-0.2, 0) is 16.1 Å². The minimum Gasteiger partial charge on any atom is -0.481 e. The number of nitrogens with one attached hydrogen (secondary N) is 1. The maximum atomic E-state index is 13.8. The summed E-state index contributed by atoms with van der Waals surface area (Å²) in [5.41, 5.74) is 0.425. The number of rotatable bonds is 7. The maximum absolute atomic E-state index is 13.8. The monoisotopic (exact) mass is 464 g/mol. The molecule has 1 atom stereocenters. The molecular formula is C22H26BrFN2O3. The first kappa shape index (κ1) is 22.9. The summed E-state index contributed by atoms with van der Waals surface area (Å²) in [5.74, 6) is -1.23. The normalized spacial score (nSPS) is 12.2. The summed E-state index contributed by atoms with van der Waals surface area (Å²) < 4.78 is 20.0. The molecule has 29 heavy (non-hydrogen) atoms. The lowest BCUT2D eigenvalue weighted by atomic mass is 10.1. The molecule has 2 aromatic rings. The second-order valence-electron chi connectivity index (χ2n) is 7.79. The summed E-state index contributed by atoms with van der Waals surface area (Å²) in [6.07, 6.45) is 0. The number of amides is 2. The van der Waals surface area contributed by atoms with Gasteiger partial charge in [-0.25, -0.2) is 4.39 Å². The minimum atomic E-state index is -0.732. The number of nitrogens with zero attached hydrogens (tertiary/aromatic N) is 1. The molecular weight excluding hydrogens is 439 g/mol. The highest BCUT2D eigenvalue weighted by atomic mass is 79.9. The van der Waals surface area contributed by atoms with Gasteiger partial charge in [0, 0.05) is 16.6 Å². The van der Waals surface area contributed by atoms with Crippen molar-refractivity contribution < 1.29 is 18.7 Å². The fourth-order valence-electron chi connectivity index (χ4n) is 2.67. The van der Waals surface area contributed by atoms with Crippen LogP contribution < -0.4 is 10.1 Å². The number of hydrogen-bond donors (Lipinski definition) is 1. The van der Waals surface area contributed by atoms with Gasteiger partial charge < -0.3 is 15.0 Å². The Morgan fingerprint density at radius 3 is 2.48 bits per heavy atom. The van der Waals surface area contributed by atoms with Gasteiger partial charge in [-0.3, -0.25) is 9.59 Å². The van der Waals surface area contributed by atoms with Crippen molar-refractivity contribution in [2.75, 3.05) is 6.61 Å². The minimum absolute atomic E-state index is 0.00458. The summed E-state index contributed by atoms with van der Waals surface area (Å²) in [7, 11) is 0. The van der Waals surface area contributed by atoms with Gasteiger partial charge >= 0.3 is 0 Å². The van der Waals surface area contributed by atoms with Gasteiger partial charge in [-0.05, 0) is 57.5 Å². The van der Waals surface area contributed by atoms with Crippen LogP contribution in [0.15, 0.2) is 53.0 Å². The molecule has 0 aliphatic rings. The quantitative estimate of drug-likeness (QED) is 0.664. The summed E-state index contributed by atoms with van der Waals surface area (Å²) in [4.78, 5) is 27.0. The van der Waals surface area contributed by atoms with E-state index in [4.69, 9.17) is 4.74 Å². The molecule has 0 unspecified atom stereocenters. The lowest BCUT2D eigenvalue weighted by Gasteiger charge is -2.31. The number of hydrogen-bond acceptors (Lipinski definition) is 3. The van der Waals surface area contributed by atoms with Gasteiger partial charge in [0.05, 0.1) is 0 Å². The zero-order valence-corrected chi connectivity index (χ0v) is 18.6. The van der Waals surface area contributed by atoms with Crippen molar-refractivity contribution in [1.29, 1.82) is 0 Å². The fraction of sp³-hybridized carbons (Fsp3) is 0.364. The predicted octanol–water partition coefficient (Wildman–Crippen LogP) is 4.30. The Morgan fingerprint density at radius 2 is 1.86 bits per heavy atom. The highest BCUT2D eigenvalue weighted by Gasteiger charge is 2.28. The standard InChI is InChI=1S/C22H26BrFN2O3/c1-15(21(28)25-22(2,3)4)26(13-16-8-7-9-17(23)12-16)20(27)14-29-19-11-6-5-10-18(19)24/h5-12,15H,13-14H2,1-4H3,(H,25,28)/t15-/m0/s1. The molecule has 7 heteroatoms. The van der Waals surface area contributed by atoms with Gasteiger partial charge in [0.1, 0.15) is 6.04 Å². The predicted molar refractivity (Wildman–Crippen MR) is 114 cm³/mol. The van der Waals surface area contributed by atoms with Crippen LogP contribution in [0.4, 0.5) is 4.39 Å². The lowest BCUT2D eigenvalue weighted by molar-refractivity contribution is -0.142. The third kappa shape index (κ3) is 7.16. The van der Waals surface area contributed by atoms with Crippen LogP contribution in [0, 0.1) is 5.82 Å². The van der Waals surface area contributed by atoms with E-state index in [9.17, 15) is 14.0 Å². The topological polar surface area (TPSA) is 58.6 Å². The second kappa shape index (κ2) is 9.87. The first-order chi connectivity index (χ1) is 13.6. The molecule has 0 aliphatic carbocycles. The van der Waals surface area contributed by atoms with E-state index in [1.807, 2.05) is 45.0 Å². The molecule has 156 valence electrons.